The highest BCUT2D eigenvalue weighted by Gasteiger charge is 2.20. The van der Waals surface area contributed by atoms with Gasteiger partial charge in [0.15, 0.2) is 28.9 Å². The first-order chi connectivity index (χ1) is 61.0. The number of hydrogen-bond donors (Lipinski definition) is 0. The lowest BCUT2D eigenvalue weighted by Crippen LogP contribution is -2.09. The Bertz CT molecular complexity index is 6510. The predicted molar refractivity (Wildman–Crippen MR) is 478 cm³/mol. The molecule has 15 rings (SSSR count). The van der Waals surface area contributed by atoms with E-state index in [9.17, 15) is 24.0 Å². The Labute approximate surface area is 736 Å². The molecule has 127 heavy (non-hydrogen) atoms. The van der Waals surface area contributed by atoms with Crippen molar-refractivity contribution < 1.29 is 47.7 Å². The number of carbonyl (C=O) groups is 5. The lowest BCUT2D eigenvalue weighted by Gasteiger charge is -2.09. The van der Waals surface area contributed by atoms with Crippen molar-refractivity contribution in [1.29, 1.82) is 5.26 Å². The zero-order chi connectivity index (χ0) is 90.5. The van der Waals surface area contributed by atoms with Gasteiger partial charge in [0.2, 0.25) is 0 Å². The first-order valence-corrected chi connectivity index (χ1v) is 40.2. The number of aromatic nitrogens is 15. The number of terminal acetylenes is 1. The van der Waals surface area contributed by atoms with Crippen LogP contribution >= 0.6 is 0 Å². The Kier molecular flexibility index (Phi) is 32.0. The van der Waals surface area contributed by atoms with E-state index < -0.39 is 0 Å². The normalized spacial score (nSPS) is 10.4. The second-order valence-electron chi connectivity index (χ2n) is 29.5. The van der Waals surface area contributed by atoms with Crippen molar-refractivity contribution >= 4 is 28.9 Å². The predicted octanol–water partition coefficient (Wildman–Crippen LogP) is 19.3. The van der Waals surface area contributed by atoms with E-state index in [-0.39, 0.29) is 61.0 Å². The van der Waals surface area contributed by atoms with Crippen molar-refractivity contribution in [2.45, 2.75) is 122 Å². The van der Waals surface area contributed by atoms with Gasteiger partial charge in [0.1, 0.15) is 86.0 Å². The maximum atomic E-state index is 12.6. The molecule has 15 aromatic heterocycles. The van der Waals surface area contributed by atoms with Crippen LogP contribution in [-0.2, 0) is 32.1 Å². The van der Waals surface area contributed by atoms with E-state index in [0.717, 1.165) is 79.6 Å². The molecule has 0 aliphatic carbocycles. The number of ether oxygens (including phenoxy) is 5. The molecule has 0 spiro atoms. The van der Waals surface area contributed by atoms with E-state index in [4.69, 9.17) is 35.4 Å². The lowest BCUT2D eigenvalue weighted by atomic mass is 10.1. The Hall–Kier alpha value is -16.4. The molecular formula is C101H90N16O10. The zero-order valence-electron chi connectivity index (χ0n) is 72.4. The fourth-order valence-corrected chi connectivity index (χ4v) is 12.1. The molecule has 0 aliphatic rings. The molecule has 0 N–H and O–H groups in total. The molecule has 15 heterocycles. The number of ketones is 5. The number of Topliss-reactive ketones (excluding diaryl/α,β-unsaturated/α-hetero) is 5. The summed E-state index contributed by atoms with van der Waals surface area (Å²) in [6.45, 7) is 24.5. The van der Waals surface area contributed by atoms with Crippen LogP contribution in [0.1, 0.15) is 166 Å². The van der Waals surface area contributed by atoms with Gasteiger partial charge in [0.05, 0.1) is 74.7 Å². The van der Waals surface area contributed by atoms with Crippen LogP contribution in [-0.4, -0.2) is 104 Å². The highest BCUT2D eigenvalue weighted by molar-refractivity contribution is 5.98. The van der Waals surface area contributed by atoms with Gasteiger partial charge in [-0.3, -0.25) is 73.8 Å². The standard InChI is InChI=1S/C21H21N3O2.C21H17N3O2.C20H16N4O2.C20H19N3O2.C19H17N3O2/c1-13-5-7-17(24-16(13)4)10-21(25)20-11-19(9-15(3)23-20)26-18-8-6-14(2)22-12-18;1-4-16-6-7-17(23-12-16)10-21(25)20-11-19(9-15(3)24-20)26-18-8-5-14(2)22-13-18;1-13-3-4-17(12-23-13)26-18-7-14(2)24-19(10-18)20(25)9-16-8-15(11-21)5-6-22-16;1-13-7-8-17(12-21-13)25-18-9-15(3)23-19(11-18)20(24)10-16-6-4-5-14(2)22-16;1-13-5-3-6-15(21-13)10-19(23)18-11-17(9-14(2)22-18)24-16-7-4-8-20-12-16/h5-9,11-12H,10H2,1-4H3;1,5-9,11-13H,10H2,2-3H3;3-8,10,12H,9H2,1-2H3;4-9,11-12H,10H2,1-3H3;3-9,11-12H,10H2,1-2H3. The van der Waals surface area contributed by atoms with Crippen molar-refractivity contribution in [1.82, 2.24) is 74.8 Å². The van der Waals surface area contributed by atoms with Crippen molar-refractivity contribution in [2.24, 2.45) is 0 Å². The monoisotopic (exact) mass is 1690 g/mol. The third kappa shape index (κ3) is 29.2. The first kappa shape index (κ1) is 91.4. The molecule has 15 aromatic rings. The smallest absolute Gasteiger partial charge is 0.187 e. The van der Waals surface area contributed by atoms with Crippen LogP contribution in [0.4, 0.5) is 0 Å². The second-order valence-corrected chi connectivity index (χ2v) is 29.5. The van der Waals surface area contributed by atoms with Crippen LogP contribution < -0.4 is 23.7 Å². The van der Waals surface area contributed by atoms with Crippen LogP contribution in [0.3, 0.4) is 0 Å². The number of pyridine rings is 15. The first-order valence-electron chi connectivity index (χ1n) is 40.2. The SMILES string of the molecule is C#Cc1ccc(CC(=O)c2cc(Oc3ccc(C)nc3)cc(C)n2)nc1.Cc1ccc(Oc2cc(C)nc(C(=O)Cc3cc(C#N)ccn3)c2)cn1.Cc1ccc(Oc2cc(C)nc(C(=O)Cc3ccc(C)c(C)n3)c2)cn1.Cc1ccc(Oc2cc(C)nc(C(=O)Cc3cccc(C)n3)c2)cn1.Cc1cccc(CC(=O)c2cc(Oc3cccnc3)cc(C)n2)n1. The summed E-state index contributed by atoms with van der Waals surface area (Å²) in [4.78, 5) is 127. The van der Waals surface area contributed by atoms with Crippen molar-refractivity contribution in [3.05, 3.63) is 386 Å². The van der Waals surface area contributed by atoms with E-state index in [2.05, 4.69) is 80.7 Å². The van der Waals surface area contributed by atoms with Crippen LogP contribution in [0.25, 0.3) is 0 Å². The van der Waals surface area contributed by atoms with Gasteiger partial charge in [-0.05, 0) is 211 Å². The van der Waals surface area contributed by atoms with Crippen LogP contribution in [0.15, 0.2) is 244 Å². The summed E-state index contributed by atoms with van der Waals surface area (Å²) in [5.41, 5.74) is 17.3. The second kappa shape index (κ2) is 44.4. The minimum Gasteiger partial charge on any atom is -0.456 e. The van der Waals surface area contributed by atoms with Crippen molar-refractivity contribution in [2.75, 3.05) is 0 Å². The maximum Gasteiger partial charge on any atom is 0.187 e. The molecule has 0 aromatic carbocycles. The maximum absolute atomic E-state index is 12.6. The average molecular weight is 1690 g/mol. The third-order valence-electron chi connectivity index (χ3n) is 18.4. The molecule has 0 fully saturated rings. The lowest BCUT2D eigenvalue weighted by molar-refractivity contribution is 0.0978. The average Bonchev–Trinajstić information content (AvgIpc) is 0.849. The molecular weight excluding hydrogens is 1600 g/mol. The minimum atomic E-state index is -0.192. The number of carbonyl (C=O) groups excluding carboxylic acids is 5. The quantitative estimate of drug-likeness (QED) is 0.0379. The molecule has 0 saturated heterocycles. The summed E-state index contributed by atoms with van der Waals surface area (Å²) < 4.78 is 28.9. The molecule has 0 atom stereocenters. The highest BCUT2D eigenvalue weighted by Crippen LogP contribution is 2.29. The molecule has 26 nitrogen and oxygen atoms in total. The van der Waals surface area contributed by atoms with Gasteiger partial charge in [0, 0.05) is 182 Å². The summed E-state index contributed by atoms with van der Waals surface area (Å²) in [5.74, 6) is 7.71. The van der Waals surface area contributed by atoms with Crippen molar-refractivity contribution in [3.63, 3.8) is 0 Å². The molecule has 0 saturated carbocycles. The fraction of sp³-hybridized carbons (Fsp3) is 0.178. The van der Waals surface area contributed by atoms with Crippen LogP contribution in [0, 0.1) is 114 Å². The largest absolute Gasteiger partial charge is 0.456 e. The number of nitrogens with zero attached hydrogens (tertiary/aromatic N) is 16. The summed E-state index contributed by atoms with van der Waals surface area (Å²) in [6, 6.07) is 59.4. The van der Waals surface area contributed by atoms with Crippen molar-refractivity contribution in [3.8, 4) is 75.9 Å². The van der Waals surface area contributed by atoms with E-state index >= 15 is 0 Å². The van der Waals surface area contributed by atoms with E-state index in [1.807, 2.05) is 186 Å². The molecule has 0 radical (unpaired) electrons. The number of nitriles is 1. The Morgan fingerprint density at radius 3 is 0.929 bits per heavy atom. The molecule has 0 bridgehead atoms. The minimum absolute atomic E-state index is 0.0670. The third-order valence-corrected chi connectivity index (χ3v) is 18.4. The number of aryl methyl sites for hydroxylation is 13. The summed E-state index contributed by atoms with van der Waals surface area (Å²) in [6.07, 6.45) is 19.1. The number of rotatable bonds is 25. The van der Waals surface area contributed by atoms with E-state index in [1.54, 1.807) is 147 Å². The van der Waals surface area contributed by atoms with Gasteiger partial charge in [-0.15, -0.1) is 6.42 Å². The van der Waals surface area contributed by atoms with Gasteiger partial charge in [-0.1, -0.05) is 24.1 Å². The Morgan fingerprint density at radius 2 is 0.622 bits per heavy atom. The van der Waals surface area contributed by atoms with Crippen LogP contribution in [0.5, 0.6) is 57.5 Å². The summed E-state index contributed by atoms with van der Waals surface area (Å²) in [5, 5.41) is 8.95. The fourth-order valence-electron chi connectivity index (χ4n) is 12.1. The number of hydrogen-bond acceptors (Lipinski definition) is 26. The summed E-state index contributed by atoms with van der Waals surface area (Å²) >= 11 is 0. The topological polar surface area (TPSA) is 349 Å². The zero-order valence-corrected chi connectivity index (χ0v) is 72.4. The Balaban J connectivity index is 0.000000154. The molecule has 0 amide bonds. The Morgan fingerprint density at radius 1 is 0.276 bits per heavy atom. The van der Waals surface area contributed by atoms with E-state index in [1.165, 1.54) is 6.20 Å². The molecule has 0 unspecified atom stereocenters. The van der Waals surface area contributed by atoms with Gasteiger partial charge in [0.25, 0.3) is 0 Å². The molecule has 0 aliphatic heterocycles. The van der Waals surface area contributed by atoms with E-state index in [0.29, 0.717) is 120 Å². The molecule has 634 valence electrons. The van der Waals surface area contributed by atoms with Gasteiger partial charge >= 0.3 is 0 Å². The van der Waals surface area contributed by atoms with Gasteiger partial charge < -0.3 is 23.7 Å². The highest BCUT2D eigenvalue weighted by atomic mass is 16.5. The summed E-state index contributed by atoms with van der Waals surface area (Å²) in [7, 11) is 0. The van der Waals surface area contributed by atoms with Gasteiger partial charge in [-0.2, -0.15) is 5.26 Å². The van der Waals surface area contributed by atoms with Crippen LogP contribution in [0.2, 0.25) is 0 Å². The molecule has 26 heteroatoms. The van der Waals surface area contributed by atoms with Gasteiger partial charge in [-0.25, -0.2) is 24.9 Å².